The highest BCUT2D eigenvalue weighted by atomic mass is 32.2. The van der Waals surface area contributed by atoms with E-state index in [9.17, 15) is 0 Å². The van der Waals surface area contributed by atoms with Gasteiger partial charge in [0.2, 0.25) is 0 Å². The molecule has 0 saturated heterocycles. The van der Waals surface area contributed by atoms with E-state index in [0.717, 1.165) is 21.9 Å². The Bertz CT molecular complexity index is 764. The number of hydrogen-bond acceptors (Lipinski definition) is 5. The van der Waals surface area contributed by atoms with Crippen molar-refractivity contribution in [1.29, 1.82) is 0 Å². The molecular weight excluding hydrogens is 302 g/mol. The Balaban J connectivity index is 1.96. The fourth-order valence-electron chi connectivity index (χ4n) is 2.04. The van der Waals surface area contributed by atoms with E-state index in [1.165, 1.54) is 9.10 Å². The lowest BCUT2D eigenvalue weighted by molar-refractivity contribution is 0.416. The number of nitrogens with zero attached hydrogens (tertiary/aromatic N) is 3. The van der Waals surface area contributed by atoms with Gasteiger partial charge in [-0.15, -0.1) is 11.3 Å². The van der Waals surface area contributed by atoms with Gasteiger partial charge in [0.05, 0.1) is 28.7 Å². The smallest absolute Gasteiger partial charge is 0.126 e. The second kappa shape index (κ2) is 5.91. The molecule has 108 valence electrons. The van der Waals surface area contributed by atoms with E-state index in [1.54, 1.807) is 34.9 Å². The summed E-state index contributed by atoms with van der Waals surface area (Å²) in [5.41, 5.74) is 2.11. The van der Waals surface area contributed by atoms with Crippen LogP contribution in [0.15, 0.2) is 45.9 Å². The molecule has 0 unspecified atom stereocenters. The molecule has 3 aromatic rings. The summed E-state index contributed by atoms with van der Waals surface area (Å²) in [6, 6.07) is 6.20. The second-order valence-corrected chi connectivity index (χ2v) is 7.17. The van der Waals surface area contributed by atoms with Crippen molar-refractivity contribution in [3.8, 4) is 16.9 Å². The zero-order chi connectivity index (χ0) is 14.8. The second-order valence-electron chi connectivity index (χ2n) is 4.57. The number of ether oxygens (including phenoxy) is 1. The molecular formula is C15H15N3OS2. The van der Waals surface area contributed by atoms with E-state index < -0.39 is 0 Å². The minimum atomic E-state index is 0.854. The molecule has 1 aromatic carbocycles. The van der Waals surface area contributed by atoms with E-state index in [4.69, 9.17) is 4.74 Å². The predicted octanol–water partition coefficient (Wildman–Crippen LogP) is 4.01. The van der Waals surface area contributed by atoms with Gasteiger partial charge in [-0.1, -0.05) is 11.8 Å². The van der Waals surface area contributed by atoms with E-state index in [2.05, 4.69) is 22.2 Å². The molecule has 0 saturated carbocycles. The summed E-state index contributed by atoms with van der Waals surface area (Å²) in [5, 5.41) is 5.31. The number of aromatic nitrogens is 3. The Morgan fingerprint density at radius 3 is 2.76 bits per heavy atom. The van der Waals surface area contributed by atoms with Crippen LogP contribution in [0.1, 0.15) is 5.01 Å². The molecule has 0 aliphatic heterocycles. The molecule has 0 amide bonds. The molecule has 0 aliphatic rings. The summed E-state index contributed by atoms with van der Waals surface area (Å²) in [4.78, 5) is 5.46. The van der Waals surface area contributed by atoms with Crippen LogP contribution in [0.4, 0.5) is 0 Å². The Labute approximate surface area is 131 Å². The molecule has 0 bridgehead atoms. The summed E-state index contributed by atoms with van der Waals surface area (Å²) in [6.45, 7) is 2.02. The van der Waals surface area contributed by atoms with Gasteiger partial charge in [-0.3, -0.25) is 4.68 Å². The number of thiazole rings is 1. The quantitative estimate of drug-likeness (QED) is 0.729. The lowest BCUT2D eigenvalue weighted by atomic mass is 10.1. The van der Waals surface area contributed by atoms with Crippen LogP contribution in [-0.2, 0) is 7.05 Å². The molecule has 0 fully saturated rings. The van der Waals surface area contributed by atoms with Crippen LogP contribution in [-0.4, -0.2) is 21.9 Å². The number of aryl methyl sites for hydroxylation is 2. The van der Waals surface area contributed by atoms with Gasteiger partial charge in [0.1, 0.15) is 5.75 Å². The molecule has 2 aromatic heterocycles. The van der Waals surface area contributed by atoms with Gasteiger partial charge < -0.3 is 4.74 Å². The molecule has 0 radical (unpaired) electrons. The maximum absolute atomic E-state index is 5.46. The summed E-state index contributed by atoms with van der Waals surface area (Å²) in [7, 11) is 3.60. The van der Waals surface area contributed by atoms with Crippen molar-refractivity contribution in [2.45, 2.75) is 16.0 Å². The molecule has 2 heterocycles. The zero-order valence-electron chi connectivity index (χ0n) is 12.0. The Kier molecular flexibility index (Phi) is 3.98. The van der Waals surface area contributed by atoms with Crippen molar-refractivity contribution < 1.29 is 4.74 Å². The highest BCUT2D eigenvalue weighted by molar-refractivity contribution is 8.01. The predicted molar refractivity (Wildman–Crippen MR) is 86.2 cm³/mol. The van der Waals surface area contributed by atoms with Crippen LogP contribution in [0.5, 0.6) is 5.75 Å². The van der Waals surface area contributed by atoms with E-state index >= 15 is 0 Å². The highest BCUT2D eigenvalue weighted by Crippen LogP contribution is 2.37. The molecule has 0 atom stereocenters. The van der Waals surface area contributed by atoms with Crippen molar-refractivity contribution >= 4 is 23.1 Å². The first-order chi connectivity index (χ1) is 10.2. The summed E-state index contributed by atoms with van der Waals surface area (Å²) in [6.07, 6.45) is 5.75. The third-order valence-corrected chi connectivity index (χ3v) is 5.01. The van der Waals surface area contributed by atoms with Crippen molar-refractivity contribution in [2.24, 2.45) is 7.05 Å². The average Bonchev–Trinajstić information content (AvgIpc) is 3.07. The van der Waals surface area contributed by atoms with Gasteiger partial charge in [0, 0.05) is 29.3 Å². The van der Waals surface area contributed by atoms with Crippen LogP contribution in [0.2, 0.25) is 0 Å². The average molecular weight is 317 g/mol. The number of hydrogen-bond donors (Lipinski definition) is 0. The third-order valence-electron chi connectivity index (χ3n) is 3.01. The number of benzene rings is 1. The maximum Gasteiger partial charge on any atom is 0.126 e. The van der Waals surface area contributed by atoms with Crippen LogP contribution >= 0.6 is 23.1 Å². The molecule has 0 N–H and O–H groups in total. The van der Waals surface area contributed by atoms with E-state index in [0.29, 0.717) is 0 Å². The summed E-state index contributed by atoms with van der Waals surface area (Å²) >= 11 is 3.42. The third kappa shape index (κ3) is 3.11. The van der Waals surface area contributed by atoms with Crippen molar-refractivity contribution in [2.75, 3.05) is 7.11 Å². The van der Waals surface area contributed by atoms with Crippen LogP contribution < -0.4 is 4.74 Å². The maximum atomic E-state index is 5.46. The topological polar surface area (TPSA) is 39.9 Å². The SMILES string of the molecule is COc1ccc(Sc2cnc(C)s2)cc1-c1cnn(C)c1. The first-order valence-corrected chi connectivity index (χ1v) is 8.06. The molecule has 3 rings (SSSR count). The zero-order valence-corrected chi connectivity index (χ0v) is 13.7. The number of methoxy groups -OCH3 is 1. The fraction of sp³-hybridized carbons (Fsp3) is 0.200. The van der Waals surface area contributed by atoms with Crippen LogP contribution in [0, 0.1) is 6.92 Å². The lowest BCUT2D eigenvalue weighted by Crippen LogP contribution is -1.88. The first-order valence-electron chi connectivity index (χ1n) is 6.43. The Hall–Kier alpha value is -1.79. The van der Waals surface area contributed by atoms with E-state index in [-0.39, 0.29) is 0 Å². The fourth-order valence-corrected chi connectivity index (χ4v) is 4.01. The highest BCUT2D eigenvalue weighted by Gasteiger charge is 2.10. The minimum Gasteiger partial charge on any atom is -0.496 e. The lowest BCUT2D eigenvalue weighted by Gasteiger charge is -2.08. The standard InChI is InChI=1S/C15H15N3OS2/c1-10-16-8-15(20-10)21-12-4-5-14(19-3)13(6-12)11-7-17-18(2)9-11/h4-9H,1-3H3. The summed E-state index contributed by atoms with van der Waals surface area (Å²) < 4.78 is 8.44. The molecule has 21 heavy (non-hydrogen) atoms. The molecule has 0 spiro atoms. The van der Waals surface area contributed by atoms with Crippen LogP contribution in [0.25, 0.3) is 11.1 Å². The minimum absolute atomic E-state index is 0.854. The Morgan fingerprint density at radius 2 is 2.14 bits per heavy atom. The van der Waals surface area contributed by atoms with Crippen molar-refractivity contribution in [1.82, 2.24) is 14.8 Å². The summed E-state index contributed by atoms with van der Waals surface area (Å²) in [5.74, 6) is 0.854. The van der Waals surface area contributed by atoms with Gasteiger partial charge in [0.25, 0.3) is 0 Å². The molecule has 6 heteroatoms. The van der Waals surface area contributed by atoms with Crippen LogP contribution in [0.3, 0.4) is 0 Å². The van der Waals surface area contributed by atoms with E-state index in [1.807, 2.05) is 38.6 Å². The van der Waals surface area contributed by atoms with Crippen molar-refractivity contribution in [3.05, 3.63) is 41.8 Å². The van der Waals surface area contributed by atoms with Gasteiger partial charge in [0.15, 0.2) is 0 Å². The first kappa shape index (κ1) is 14.2. The van der Waals surface area contributed by atoms with Gasteiger partial charge in [-0.05, 0) is 25.1 Å². The largest absolute Gasteiger partial charge is 0.496 e. The molecule has 4 nitrogen and oxygen atoms in total. The monoisotopic (exact) mass is 317 g/mol. The van der Waals surface area contributed by atoms with Gasteiger partial charge in [-0.2, -0.15) is 5.10 Å². The van der Waals surface area contributed by atoms with Crippen molar-refractivity contribution in [3.63, 3.8) is 0 Å². The number of rotatable bonds is 4. The normalized spacial score (nSPS) is 10.8. The molecule has 0 aliphatic carbocycles. The Morgan fingerprint density at radius 1 is 1.29 bits per heavy atom. The van der Waals surface area contributed by atoms with Gasteiger partial charge in [-0.25, -0.2) is 4.98 Å². The van der Waals surface area contributed by atoms with Gasteiger partial charge >= 0.3 is 0 Å².